The minimum Gasteiger partial charge on any atom is -0.466 e. The zero-order chi connectivity index (χ0) is 13.8. The fraction of sp³-hybridized carbons (Fsp3) is 0.615. The molecule has 0 radical (unpaired) electrons. The number of ether oxygens (including phenoxy) is 1. The van der Waals surface area contributed by atoms with Gasteiger partial charge in [-0.25, -0.2) is 0 Å². The summed E-state index contributed by atoms with van der Waals surface area (Å²) in [6.07, 6.45) is 4.86. The molecule has 1 aliphatic heterocycles. The predicted octanol–water partition coefficient (Wildman–Crippen LogP) is 0.835. The predicted molar refractivity (Wildman–Crippen MR) is 68.5 cm³/mol. The van der Waals surface area contributed by atoms with Gasteiger partial charge in [0.2, 0.25) is 0 Å². The number of carbonyl (C=O) groups is 2. The maximum atomic E-state index is 12.3. The standard InChI is InChI=1S/C13H19N3O3/c1-3-19-13(18)10-5-4-6-16(9-10)12(17)11-7-14-15(2)8-11/h7-8,10H,3-6,9H2,1-2H3/t10-/m1/s1. The van der Waals surface area contributed by atoms with Crippen molar-refractivity contribution in [3.8, 4) is 0 Å². The van der Waals surface area contributed by atoms with E-state index in [1.165, 1.54) is 0 Å². The Morgan fingerprint density at radius 1 is 1.53 bits per heavy atom. The van der Waals surface area contributed by atoms with Gasteiger partial charge in [0.15, 0.2) is 0 Å². The number of piperidine rings is 1. The molecule has 1 saturated heterocycles. The van der Waals surface area contributed by atoms with E-state index >= 15 is 0 Å². The van der Waals surface area contributed by atoms with Crippen LogP contribution in [0.4, 0.5) is 0 Å². The summed E-state index contributed by atoms with van der Waals surface area (Å²) in [5.41, 5.74) is 0.562. The molecular formula is C13H19N3O3. The average molecular weight is 265 g/mol. The number of esters is 1. The quantitative estimate of drug-likeness (QED) is 0.760. The van der Waals surface area contributed by atoms with Crippen LogP contribution >= 0.6 is 0 Å². The largest absolute Gasteiger partial charge is 0.466 e. The molecule has 1 fully saturated rings. The highest BCUT2D eigenvalue weighted by Gasteiger charge is 2.30. The highest BCUT2D eigenvalue weighted by atomic mass is 16.5. The van der Waals surface area contributed by atoms with Gasteiger partial charge in [-0.05, 0) is 19.8 Å². The van der Waals surface area contributed by atoms with Crippen molar-refractivity contribution in [3.05, 3.63) is 18.0 Å². The van der Waals surface area contributed by atoms with Gasteiger partial charge in [-0.2, -0.15) is 5.10 Å². The van der Waals surface area contributed by atoms with Gasteiger partial charge in [-0.1, -0.05) is 0 Å². The van der Waals surface area contributed by atoms with Crippen LogP contribution in [-0.2, 0) is 16.6 Å². The van der Waals surface area contributed by atoms with Crippen molar-refractivity contribution in [1.82, 2.24) is 14.7 Å². The van der Waals surface area contributed by atoms with Crippen molar-refractivity contribution in [2.75, 3.05) is 19.7 Å². The number of rotatable bonds is 3. The van der Waals surface area contributed by atoms with E-state index in [1.54, 1.807) is 35.9 Å². The van der Waals surface area contributed by atoms with E-state index in [-0.39, 0.29) is 17.8 Å². The average Bonchev–Trinajstić information content (AvgIpc) is 2.85. The summed E-state index contributed by atoms with van der Waals surface area (Å²) in [6.45, 7) is 3.29. The van der Waals surface area contributed by atoms with Gasteiger partial charge in [0.1, 0.15) is 0 Å². The maximum absolute atomic E-state index is 12.3. The number of amides is 1. The third-order valence-electron chi connectivity index (χ3n) is 3.28. The first-order chi connectivity index (χ1) is 9.11. The van der Waals surface area contributed by atoms with Crippen molar-refractivity contribution < 1.29 is 14.3 Å². The summed E-state index contributed by atoms with van der Waals surface area (Å²) >= 11 is 0. The van der Waals surface area contributed by atoms with Crippen LogP contribution in [0.25, 0.3) is 0 Å². The lowest BCUT2D eigenvalue weighted by molar-refractivity contribution is -0.149. The Hall–Kier alpha value is -1.85. The topological polar surface area (TPSA) is 64.4 Å². The molecule has 0 bridgehead atoms. The summed E-state index contributed by atoms with van der Waals surface area (Å²) in [5, 5.41) is 3.99. The zero-order valence-electron chi connectivity index (χ0n) is 11.3. The van der Waals surface area contributed by atoms with Crippen molar-refractivity contribution in [2.24, 2.45) is 13.0 Å². The van der Waals surface area contributed by atoms with E-state index in [4.69, 9.17) is 4.74 Å². The summed E-state index contributed by atoms with van der Waals surface area (Å²) in [4.78, 5) is 25.7. The Labute approximate surface area is 112 Å². The van der Waals surface area contributed by atoms with Gasteiger partial charge in [0.25, 0.3) is 5.91 Å². The Morgan fingerprint density at radius 2 is 2.32 bits per heavy atom. The Balaban J connectivity index is 2.01. The van der Waals surface area contributed by atoms with Crippen molar-refractivity contribution >= 4 is 11.9 Å². The van der Waals surface area contributed by atoms with E-state index in [1.807, 2.05) is 0 Å². The number of carbonyl (C=O) groups excluding carboxylic acids is 2. The molecular weight excluding hydrogens is 246 g/mol. The van der Waals surface area contributed by atoms with E-state index in [0.29, 0.717) is 25.3 Å². The second-order valence-electron chi connectivity index (χ2n) is 4.75. The van der Waals surface area contributed by atoms with Gasteiger partial charge in [0, 0.05) is 26.3 Å². The number of likely N-dealkylation sites (tertiary alicyclic amines) is 1. The summed E-state index contributed by atoms with van der Waals surface area (Å²) in [7, 11) is 1.77. The highest BCUT2D eigenvalue weighted by molar-refractivity contribution is 5.94. The van der Waals surface area contributed by atoms with E-state index in [0.717, 1.165) is 12.8 Å². The molecule has 1 atom stereocenters. The summed E-state index contributed by atoms with van der Waals surface area (Å²) in [5.74, 6) is -0.470. The van der Waals surface area contributed by atoms with Crippen LogP contribution < -0.4 is 0 Å². The second-order valence-corrected chi connectivity index (χ2v) is 4.75. The van der Waals surface area contributed by atoms with Crippen LogP contribution in [0.3, 0.4) is 0 Å². The zero-order valence-corrected chi connectivity index (χ0v) is 11.3. The van der Waals surface area contributed by atoms with E-state index in [2.05, 4.69) is 5.10 Å². The first-order valence-electron chi connectivity index (χ1n) is 6.56. The Kier molecular flexibility index (Phi) is 4.19. The number of hydrogen-bond donors (Lipinski definition) is 0. The molecule has 6 heteroatoms. The van der Waals surface area contributed by atoms with Crippen LogP contribution in [0.2, 0.25) is 0 Å². The van der Waals surface area contributed by atoms with Gasteiger partial charge < -0.3 is 9.64 Å². The lowest BCUT2D eigenvalue weighted by atomic mass is 9.98. The molecule has 1 amide bonds. The monoisotopic (exact) mass is 265 g/mol. The summed E-state index contributed by atoms with van der Waals surface area (Å²) in [6, 6.07) is 0. The molecule has 1 aromatic heterocycles. The molecule has 0 aliphatic carbocycles. The molecule has 0 spiro atoms. The highest BCUT2D eigenvalue weighted by Crippen LogP contribution is 2.19. The molecule has 1 aromatic rings. The number of nitrogens with zero attached hydrogens (tertiary/aromatic N) is 3. The molecule has 6 nitrogen and oxygen atoms in total. The molecule has 2 heterocycles. The SMILES string of the molecule is CCOC(=O)[C@@H]1CCCN(C(=O)c2cnn(C)c2)C1. The fourth-order valence-electron chi connectivity index (χ4n) is 2.33. The molecule has 0 aromatic carbocycles. The number of hydrogen-bond acceptors (Lipinski definition) is 4. The van der Waals surface area contributed by atoms with Crippen LogP contribution in [0.5, 0.6) is 0 Å². The Morgan fingerprint density at radius 3 is 2.95 bits per heavy atom. The minimum atomic E-state index is -0.203. The minimum absolute atomic E-state index is 0.0675. The first kappa shape index (κ1) is 13.6. The smallest absolute Gasteiger partial charge is 0.310 e. The van der Waals surface area contributed by atoms with Gasteiger partial charge in [0.05, 0.1) is 24.3 Å². The Bertz CT molecular complexity index is 469. The van der Waals surface area contributed by atoms with Gasteiger partial charge >= 0.3 is 5.97 Å². The third-order valence-corrected chi connectivity index (χ3v) is 3.28. The van der Waals surface area contributed by atoms with Gasteiger partial charge in [-0.3, -0.25) is 14.3 Å². The molecule has 0 N–H and O–H groups in total. The molecule has 0 unspecified atom stereocenters. The van der Waals surface area contributed by atoms with Crippen LogP contribution in [0.15, 0.2) is 12.4 Å². The molecule has 2 rings (SSSR count). The van der Waals surface area contributed by atoms with Crippen molar-refractivity contribution in [1.29, 1.82) is 0 Å². The van der Waals surface area contributed by atoms with E-state index < -0.39 is 0 Å². The van der Waals surface area contributed by atoms with Crippen LogP contribution in [0, 0.1) is 5.92 Å². The fourth-order valence-corrected chi connectivity index (χ4v) is 2.33. The lowest BCUT2D eigenvalue weighted by Crippen LogP contribution is -2.42. The lowest BCUT2D eigenvalue weighted by Gasteiger charge is -2.31. The number of aromatic nitrogens is 2. The van der Waals surface area contributed by atoms with Crippen molar-refractivity contribution in [3.63, 3.8) is 0 Å². The van der Waals surface area contributed by atoms with E-state index in [9.17, 15) is 9.59 Å². The molecule has 104 valence electrons. The second kappa shape index (κ2) is 5.86. The van der Waals surface area contributed by atoms with Crippen molar-refractivity contribution in [2.45, 2.75) is 19.8 Å². The first-order valence-corrected chi connectivity index (χ1v) is 6.56. The van der Waals surface area contributed by atoms with Crippen LogP contribution in [-0.4, -0.2) is 46.3 Å². The molecule has 1 aliphatic rings. The number of aryl methyl sites for hydroxylation is 1. The summed E-state index contributed by atoms with van der Waals surface area (Å²) < 4.78 is 6.62. The normalized spacial score (nSPS) is 19.3. The third kappa shape index (κ3) is 3.13. The molecule has 19 heavy (non-hydrogen) atoms. The molecule has 0 saturated carbocycles. The maximum Gasteiger partial charge on any atom is 0.310 e. The van der Waals surface area contributed by atoms with Crippen LogP contribution in [0.1, 0.15) is 30.1 Å². The van der Waals surface area contributed by atoms with Gasteiger partial charge in [-0.15, -0.1) is 0 Å².